The van der Waals surface area contributed by atoms with Gasteiger partial charge in [0, 0.05) is 24.7 Å². The molecule has 4 N–H and O–H groups in total. The lowest BCUT2D eigenvalue weighted by Crippen LogP contribution is -2.49. The number of aromatic amines is 1. The SMILES string of the molecule is O=C1CC[C@H](C(=O)NC(Cc2cnc[nH]2)C(=O)O)N1. The summed E-state index contributed by atoms with van der Waals surface area (Å²) in [5.41, 5.74) is 0.614. The number of carbonyl (C=O) groups excluding carboxylic acids is 2. The number of nitrogens with one attached hydrogen (secondary N) is 3. The summed E-state index contributed by atoms with van der Waals surface area (Å²) < 4.78 is 0. The van der Waals surface area contributed by atoms with Gasteiger partial charge >= 0.3 is 5.97 Å². The summed E-state index contributed by atoms with van der Waals surface area (Å²) in [5, 5.41) is 14.0. The van der Waals surface area contributed by atoms with Crippen molar-refractivity contribution in [3.63, 3.8) is 0 Å². The highest BCUT2D eigenvalue weighted by Crippen LogP contribution is 2.07. The first-order valence-corrected chi connectivity index (χ1v) is 5.86. The zero-order valence-electron chi connectivity index (χ0n) is 10.0. The first-order valence-electron chi connectivity index (χ1n) is 5.86. The fraction of sp³-hybridized carbons (Fsp3) is 0.455. The van der Waals surface area contributed by atoms with Gasteiger partial charge in [-0.05, 0) is 6.42 Å². The molecular weight excluding hydrogens is 252 g/mol. The smallest absolute Gasteiger partial charge is 0.326 e. The lowest BCUT2D eigenvalue weighted by Gasteiger charge is -2.16. The maximum Gasteiger partial charge on any atom is 0.326 e. The molecule has 0 aromatic carbocycles. The number of rotatable bonds is 5. The van der Waals surface area contributed by atoms with Crippen LogP contribution in [0.25, 0.3) is 0 Å². The average Bonchev–Trinajstić information content (AvgIpc) is 2.99. The first-order chi connectivity index (χ1) is 9.06. The van der Waals surface area contributed by atoms with E-state index in [4.69, 9.17) is 5.11 Å². The molecule has 1 aliphatic heterocycles. The van der Waals surface area contributed by atoms with Gasteiger partial charge in [0.15, 0.2) is 0 Å². The number of aromatic nitrogens is 2. The van der Waals surface area contributed by atoms with Crippen molar-refractivity contribution in [2.24, 2.45) is 0 Å². The number of carbonyl (C=O) groups is 3. The predicted molar refractivity (Wildman–Crippen MR) is 63.0 cm³/mol. The fourth-order valence-electron chi connectivity index (χ4n) is 1.90. The van der Waals surface area contributed by atoms with Gasteiger partial charge in [-0.3, -0.25) is 9.59 Å². The molecule has 102 valence electrons. The van der Waals surface area contributed by atoms with Gasteiger partial charge in [0.1, 0.15) is 12.1 Å². The molecule has 2 heterocycles. The summed E-state index contributed by atoms with van der Waals surface area (Å²) in [7, 11) is 0. The van der Waals surface area contributed by atoms with Crippen molar-refractivity contribution in [2.75, 3.05) is 0 Å². The molecule has 1 unspecified atom stereocenters. The van der Waals surface area contributed by atoms with E-state index in [2.05, 4.69) is 20.6 Å². The Bertz CT molecular complexity index is 485. The Morgan fingerprint density at radius 1 is 1.58 bits per heavy atom. The zero-order chi connectivity index (χ0) is 13.8. The van der Waals surface area contributed by atoms with E-state index in [1.165, 1.54) is 12.5 Å². The van der Waals surface area contributed by atoms with Gasteiger partial charge in [0.05, 0.1) is 6.33 Å². The van der Waals surface area contributed by atoms with Crippen LogP contribution in [-0.4, -0.2) is 44.9 Å². The second kappa shape index (κ2) is 5.51. The van der Waals surface area contributed by atoms with Gasteiger partial charge in [-0.15, -0.1) is 0 Å². The molecule has 8 heteroatoms. The van der Waals surface area contributed by atoms with E-state index in [-0.39, 0.29) is 18.7 Å². The Hall–Kier alpha value is -2.38. The van der Waals surface area contributed by atoms with Crippen LogP contribution in [0.3, 0.4) is 0 Å². The Balaban J connectivity index is 1.95. The molecular formula is C11H14N4O4. The standard InChI is InChI=1S/C11H14N4O4/c16-9-2-1-7(14-9)10(17)15-8(11(18)19)3-6-4-12-5-13-6/h4-5,7-8H,1-3H2,(H,12,13)(H,14,16)(H,15,17)(H,18,19)/t7-,8?/m1/s1. The van der Waals surface area contributed by atoms with Gasteiger partial charge in [0.25, 0.3) is 0 Å². The van der Waals surface area contributed by atoms with E-state index in [0.717, 1.165) is 0 Å². The molecule has 0 aliphatic carbocycles. The Morgan fingerprint density at radius 2 is 2.37 bits per heavy atom. The van der Waals surface area contributed by atoms with E-state index in [1.54, 1.807) is 0 Å². The zero-order valence-corrected chi connectivity index (χ0v) is 10.0. The summed E-state index contributed by atoms with van der Waals surface area (Å²) >= 11 is 0. The maximum absolute atomic E-state index is 11.8. The van der Waals surface area contributed by atoms with E-state index in [9.17, 15) is 14.4 Å². The lowest BCUT2D eigenvalue weighted by molar-refractivity contribution is -0.142. The molecule has 2 atom stereocenters. The molecule has 8 nitrogen and oxygen atoms in total. The summed E-state index contributed by atoms with van der Waals surface area (Å²) in [5.74, 6) is -1.80. The van der Waals surface area contributed by atoms with E-state index in [1.807, 2.05) is 0 Å². The van der Waals surface area contributed by atoms with Crippen molar-refractivity contribution < 1.29 is 19.5 Å². The topological polar surface area (TPSA) is 124 Å². The van der Waals surface area contributed by atoms with Crippen molar-refractivity contribution in [3.05, 3.63) is 18.2 Å². The third-order valence-corrected chi connectivity index (χ3v) is 2.91. The predicted octanol–water partition coefficient (Wildman–Crippen LogP) is -1.20. The monoisotopic (exact) mass is 266 g/mol. The Morgan fingerprint density at radius 3 is 2.89 bits per heavy atom. The van der Waals surface area contributed by atoms with E-state index < -0.39 is 24.0 Å². The Labute approximate surface area is 108 Å². The number of carboxylic acids is 1. The quantitative estimate of drug-likeness (QED) is 0.533. The van der Waals surface area contributed by atoms with Crippen LogP contribution in [-0.2, 0) is 20.8 Å². The number of nitrogens with zero attached hydrogens (tertiary/aromatic N) is 1. The first kappa shape index (κ1) is 13.1. The second-order valence-corrected chi connectivity index (χ2v) is 4.34. The van der Waals surface area contributed by atoms with Crippen LogP contribution in [0.4, 0.5) is 0 Å². The normalized spacial score (nSPS) is 19.8. The van der Waals surface area contributed by atoms with E-state index >= 15 is 0 Å². The van der Waals surface area contributed by atoms with Crippen LogP contribution < -0.4 is 10.6 Å². The summed E-state index contributed by atoms with van der Waals surface area (Å²) in [6.45, 7) is 0. The second-order valence-electron chi connectivity index (χ2n) is 4.34. The van der Waals surface area contributed by atoms with Crippen LogP contribution in [0.1, 0.15) is 18.5 Å². The minimum Gasteiger partial charge on any atom is -0.480 e. The number of H-pyrrole nitrogens is 1. The number of hydrogen-bond acceptors (Lipinski definition) is 4. The van der Waals surface area contributed by atoms with Crippen molar-refractivity contribution in [2.45, 2.75) is 31.3 Å². The Kier molecular flexibility index (Phi) is 3.79. The third-order valence-electron chi connectivity index (χ3n) is 2.91. The minimum absolute atomic E-state index is 0.113. The maximum atomic E-state index is 11.8. The molecule has 1 aromatic rings. The van der Waals surface area contributed by atoms with Gasteiger partial charge in [0.2, 0.25) is 11.8 Å². The average molecular weight is 266 g/mol. The number of aliphatic carboxylic acids is 1. The fourth-order valence-corrected chi connectivity index (χ4v) is 1.90. The molecule has 0 radical (unpaired) electrons. The van der Waals surface area contributed by atoms with Gasteiger partial charge < -0.3 is 20.7 Å². The molecule has 2 amide bonds. The molecule has 1 saturated heterocycles. The molecule has 1 fully saturated rings. The number of carboxylic acid groups (broad SMARTS) is 1. The number of amides is 2. The summed E-state index contributed by atoms with van der Waals surface area (Å²) in [6, 6.07) is -1.69. The van der Waals surface area contributed by atoms with Crippen LogP contribution in [0.5, 0.6) is 0 Å². The van der Waals surface area contributed by atoms with Crippen molar-refractivity contribution in [3.8, 4) is 0 Å². The third kappa shape index (κ3) is 3.30. The van der Waals surface area contributed by atoms with Crippen LogP contribution in [0.2, 0.25) is 0 Å². The number of imidazole rings is 1. The highest BCUT2D eigenvalue weighted by molar-refractivity contribution is 5.92. The molecule has 0 saturated carbocycles. The van der Waals surface area contributed by atoms with Gasteiger partial charge in [-0.2, -0.15) is 0 Å². The van der Waals surface area contributed by atoms with Gasteiger partial charge in [-0.25, -0.2) is 9.78 Å². The van der Waals surface area contributed by atoms with Crippen LogP contribution in [0, 0.1) is 0 Å². The highest BCUT2D eigenvalue weighted by Gasteiger charge is 2.30. The van der Waals surface area contributed by atoms with Crippen LogP contribution in [0.15, 0.2) is 12.5 Å². The minimum atomic E-state index is -1.13. The van der Waals surface area contributed by atoms with Crippen molar-refractivity contribution in [1.82, 2.24) is 20.6 Å². The summed E-state index contributed by atoms with van der Waals surface area (Å²) in [4.78, 5) is 40.5. The molecule has 19 heavy (non-hydrogen) atoms. The van der Waals surface area contributed by atoms with E-state index in [0.29, 0.717) is 12.1 Å². The molecule has 1 aliphatic rings. The number of hydrogen-bond donors (Lipinski definition) is 4. The molecule has 1 aromatic heterocycles. The molecule has 0 bridgehead atoms. The summed E-state index contributed by atoms with van der Waals surface area (Å²) in [6.07, 6.45) is 3.73. The van der Waals surface area contributed by atoms with Gasteiger partial charge in [-0.1, -0.05) is 0 Å². The van der Waals surface area contributed by atoms with Crippen molar-refractivity contribution in [1.29, 1.82) is 0 Å². The lowest BCUT2D eigenvalue weighted by atomic mass is 10.1. The van der Waals surface area contributed by atoms with Crippen LogP contribution >= 0.6 is 0 Å². The largest absolute Gasteiger partial charge is 0.480 e. The highest BCUT2D eigenvalue weighted by atomic mass is 16.4. The van der Waals surface area contributed by atoms with Crippen molar-refractivity contribution >= 4 is 17.8 Å². The molecule has 2 rings (SSSR count). The molecule has 0 spiro atoms.